The van der Waals surface area contributed by atoms with Crippen LogP contribution in [0.25, 0.3) is 0 Å². The average molecular weight is 300 g/mol. The van der Waals surface area contributed by atoms with Crippen molar-refractivity contribution in [3.63, 3.8) is 0 Å². The summed E-state index contributed by atoms with van der Waals surface area (Å²) in [5, 5.41) is 10.2. The van der Waals surface area contributed by atoms with Crippen LogP contribution in [0, 0.1) is 0 Å². The molecule has 0 spiro atoms. The number of unbranched alkanes of at least 4 members (excludes halogenated alkanes) is 1. The van der Waals surface area contributed by atoms with Gasteiger partial charge in [-0.25, -0.2) is 0 Å². The summed E-state index contributed by atoms with van der Waals surface area (Å²) in [7, 11) is -3.78. The van der Waals surface area contributed by atoms with Gasteiger partial charge < -0.3 is 19.4 Å². The molecule has 94 valence electrons. The molecule has 1 rings (SSSR count). The van der Waals surface area contributed by atoms with Gasteiger partial charge in [-0.3, -0.25) is 0 Å². The number of hydrogen-bond donors (Lipinski definition) is 0. The van der Waals surface area contributed by atoms with Gasteiger partial charge in [-0.05, 0) is 31.0 Å². The Balaban J connectivity index is 0. The van der Waals surface area contributed by atoms with Gasteiger partial charge in [-0.15, -0.1) is 0 Å². The van der Waals surface area contributed by atoms with Crippen LogP contribution >= 0.6 is 7.37 Å². The summed E-state index contributed by atoms with van der Waals surface area (Å²) in [6.07, 6.45) is 1.13. The number of aliphatic carboxylic acids is 1. The fourth-order valence-corrected chi connectivity index (χ4v) is 2.86. The molecular formula is C12H15Na2O4P. The van der Waals surface area contributed by atoms with Crippen molar-refractivity contribution in [2.75, 3.05) is 12.3 Å². The summed E-state index contributed by atoms with van der Waals surface area (Å²) < 4.78 is 11.3. The second-order valence-electron chi connectivity index (χ2n) is 4.01. The van der Waals surface area contributed by atoms with Crippen LogP contribution in [0.4, 0.5) is 0 Å². The first-order chi connectivity index (χ1) is 7.99. The van der Waals surface area contributed by atoms with Gasteiger partial charge in [0, 0.05) is 19.5 Å². The van der Waals surface area contributed by atoms with E-state index in [1.807, 2.05) is 30.3 Å². The standard InChI is InChI=1S/C12H17O4P.2Na/c13-12(14)10-17(15,16)9-5-4-8-11-6-2-1-3-7-11;;/h1-3,6-7H,4-5,8-10H2,(H,13,14)(H,15,16);;/q;2*+1/p-2. The van der Waals surface area contributed by atoms with Crippen molar-refractivity contribution in [2.24, 2.45) is 0 Å². The molecular weight excluding hydrogens is 285 g/mol. The molecule has 1 aromatic carbocycles. The summed E-state index contributed by atoms with van der Waals surface area (Å²) in [4.78, 5) is 21.4. The van der Waals surface area contributed by atoms with Crippen LogP contribution in [0.15, 0.2) is 30.3 Å². The zero-order chi connectivity index (χ0) is 12.7. The second kappa shape index (κ2) is 11.5. The van der Waals surface area contributed by atoms with Crippen molar-refractivity contribution in [2.45, 2.75) is 19.3 Å². The maximum absolute atomic E-state index is 11.3. The van der Waals surface area contributed by atoms with Crippen LogP contribution < -0.4 is 69.1 Å². The van der Waals surface area contributed by atoms with Crippen LogP contribution in [0.1, 0.15) is 18.4 Å². The molecule has 0 N–H and O–H groups in total. The Morgan fingerprint density at radius 1 is 1.11 bits per heavy atom. The van der Waals surface area contributed by atoms with Crippen LogP contribution in [0.3, 0.4) is 0 Å². The summed E-state index contributed by atoms with van der Waals surface area (Å²) in [6, 6.07) is 9.76. The fraction of sp³-hybridized carbons (Fsp3) is 0.417. The SMILES string of the molecule is O=C([O-])CP(=O)([O-])CCCCc1ccccc1.[Na+].[Na+]. The van der Waals surface area contributed by atoms with Crippen molar-refractivity contribution >= 4 is 13.3 Å². The summed E-state index contributed by atoms with van der Waals surface area (Å²) in [6.45, 7) is 0. The Labute approximate surface area is 158 Å². The molecule has 0 aliphatic carbocycles. The minimum atomic E-state index is -3.78. The van der Waals surface area contributed by atoms with Gasteiger partial charge in [0.1, 0.15) is 0 Å². The average Bonchev–Trinajstić information content (AvgIpc) is 2.24. The number of hydrogen-bond acceptors (Lipinski definition) is 4. The van der Waals surface area contributed by atoms with E-state index in [9.17, 15) is 19.4 Å². The maximum atomic E-state index is 11.3. The van der Waals surface area contributed by atoms with Gasteiger partial charge in [-0.1, -0.05) is 30.3 Å². The maximum Gasteiger partial charge on any atom is 1.00 e. The summed E-state index contributed by atoms with van der Waals surface area (Å²) >= 11 is 0. The van der Waals surface area contributed by atoms with Crippen molar-refractivity contribution in [3.8, 4) is 0 Å². The van der Waals surface area contributed by atoms with E-state index in [2.05, 4.69) is 0 Å². The Hall–Kier alpha value is 0.880. The number of aryl methyl sites for hydroxylation is 1. The first kappa shape index (κ1) is 22.2. The molecule has 0 fully saturated rings. The fourth-order valence-electron chi connectivity index (χ4n) is 1.60. The molecule has 1 atom stereocenters. The molecule has 0 heterocycles. The first-order valence-electron chi connectivity index (χ1n) is 5.52. The van der Waals surface area contributed by atoms with Crippen LogP contribution in [-0.2, 0) is 15.8 Å². The minimum absolute atomic E-state index is 0. The molecule has 0 aromatic heterocycles. The quantitative estimate of drug-likeness (QED) is 0.286. The van der Waals surface area contributed by atoms with Gasteiger partial charge in [0.15, 0.2) is 0 Å². The predicted octanol–water partition coefficient (Wildman–Crippen LogP) is -5.59. The van der Waals surface area contributed by atoms with Gasteiger partial charge in [0.05, 0.1) is 0 Å². The normalized spacial score (nSPS) is 12.7. The summed E-state index contributed by atoms with van der Waals surface area (Å²) in [5.74, 6) is -1.52. The van der Waals surface area contributed by atoms with Crippen LogP contribution in [0.2, 0.25) is 0 Å². The molecule has 0 saturated heterocycles. The molecule has 1 aromatic rings. The second-order valence-corrected chi connectivity index (χ2v) is 6.40. The molecule has 0 radical (unpaired) electrons. The number of carboxylic acids is 1. The predicted molar refractivity (Wildman–Crippen MR) is 61.7 cm³/mol. The molecule has 0 aliphatic rings. The van der Waals surface area contributed by atoms with Crippen LogP contribution in [-0.4, -0.2) is 18.3 Å². The van der Waals surface area contributed by atoms with Gasteiger partial charge in [0.2, 0.25) is 0 Å². The number of benzene rings is 1. The number of rotatable bonds is 7. The Kier molecular flexibility index (Phi) is 13.5. The van der Waals surface area contributed by atoms with E-state index in [-0.39, 0.29) is 65.3 Å². The van der Waals surface area contributed by atoms with Gasteiger partial charge >= 0.3 is 59.1 Å². The van der Waals surface area contributed by atoms with Crippen molar-refractivity contribution in [1.29, 1.82) is 0 Å². The van der Waals surface area contributed by atoms with Crippen molar-refractivity contribution in [1.82, 2.24) is 0 Å². The van der Waals surface area contributed by atoms with E-state index >= 15 is 0 Å². The monoisotopic (exact) mass is 300 g/mol. The van der Waals surface area contributed by atoms with E-state index in [1.165, 1.54) is 0 Å². The zero-order valence-electron chi connectivity index (χ0n) is 11.5. The van der Waals surface area contributed by atoms with E-state index < -0.39 is 19.5 Å². The number of carbonyl (C=O) groups is 1. The van der Waals surface area contributed by atoms with E-state index in [1.54, 1.807) is 0 Å². The third kappa shape index (κ3) is 11.2. The molecule has 4 nitrogen and oxygen atoms in total. The third-order valence-corrected chi connectivity index (χ3v) is 4.16. The van der Waals surface area contributed by atoms with Crippen molar-refractivity contribution in [3.05, 3.63) is 35.9 Å². The molecule has 19 heavy (non-hydrogen) atoms. The topological polar surface area (TPSA) is 80.3 Å². The molecule has 0 saturated carbocycles. The van der Waals surface area contributed by atoms with Gasteiger partial charge in [-0.2, -0.15) is 0 Å². The molecule has 0 amide bonds. The molecule has 1 unspecified atom stereocenters. The number of carbonyl (C=O) groups excluding carboxylic acids is 1. The summed E-state index contributed by atoms with van der Waals surface area (Å²) in [5.41, 5.74) is 1.16. The Morgan fingerprint density at radius 3 is 2.21 bits per heavy atom. The van der Waals surface area contributed by atoms with E-state index in [0.717, 1.165) is 18.4 Å². The zero-order valence-corrected chi connectivity index (χ0v) is 16.4. The third-order valence-electron chi connectivity index (χ3n) is 2.43. The molecule has 7 heteroatoms. The Morgan fingerprint density at radius 2 is 1.68 bits per heavy atom. The minimum Gasteiger partial charge on any atom is -0.799 e. The van der Waals surface area contributed by atoms with Crippen molar-refractivity contribution < 1.29 is 78.5 Å². The molecule has 0 bridgehead atoms. The Bertz CT molecular complexity index is 411. The largest absolute Gasteiger partial charge is 1.00 e. The first-order valence-corrected chi connectivity index (χ1v) is 7.52. The van der Waals surface area contributed by atoms with Gasteiger partial charge in [0.25, 0.3) is 0 Å². The number of carboxylic acid groups (broad SMARTS) is 1. The van der Waals surface area contributed by atoms with Crippen LogP contribution in [0.5, 0.6) is 0 Å². The molecule has 0 aliphatic heterocycles. The smallest absolute Gasteiger partial charge is 0.799 e. The van der Waals surface area contributed by atoms with E-state index in [0.29, 0.717) is 6.42 Å². The van der Waals surface area contributed by atoms with E-state index in [4.69, 9.17) is 0 Å².